The van der Waals surface area contributed by atoms with E-state index in [2.05, 4.69) is 19.2 Å². The minimum absolute atomic E-state index is 0.215. The van der Waals surface area contributed by atoms with Gasteiger partial charge in [0, 0.05) is 6.04 Å². The molecule has 1 unspecified atom stereocenters. The molecule has 94 valence electrons. The Balaban J connectivity index is 1.91. The Morgan fingerprint density at radius 1 is 1.65 bits per heavy atom. The number of carbonyl (C=O) groups is 1. The van der Waals surface area contributed by atoms with Gasteiger partial charge in [-0.05, 0) is 24.3 Å². The summed E-state index contributed by atoms with van der Waals surface area (Å²) in [6, 6.07) is 2.07. The summed E-state index contributed by atoms with van der Waals surface area (Å²) in [5.74, 6) is -0.258. The van der Waals surface area contributed by atoms with Crippen LogP contribution in [-0.2, 0) is 6.54 Å². The Morgan fingerprint density at radius 3 is 2.94 bits per heavy atom. The molecule has 2 rings (SSSR count). The van der Waals surface area contributed by atoms with Gasteiger partial charge in [-0.1, -0.05) is 20.3 Å². The second kappa shape index (κ2) is 4.53. The molecule has 0 bridgehead atoms. The van der Waals surface area contributed by atoms with Crippen molar-refractivity contribution in [1.82, 2.24) is 5.32 Å². The number of nitrogens with one attached hydrogen (secondary N) is 1. The van der Waals surface area contributed by atoms with Gasteiger partial charge >= 0.3 is 5.97 Å². The smallest absolute Gasteiger partial charge is 0.338 e. The van der Waals surface area contributed by atoms with Gasteiger partial charge in [-0.25, -0.2) is 4.79 Å². The monoisotopic (exact) mass is 237 g/mol. The van der Waals surface area contributed by atoms with Crippen molar-refractivity contribution in [3.63, 3.8) is 0 Å². The van der Waals surface area contributed by atoms with Crippen molar-refractivity contribution < 1.29 is 14.3 Å². The van der Waals surface area contributed by atoms with E-state index in [0.29, 0.717) is 23.8 Å². The molecule has 0 saturated heterocycles. The summed E-state index contributed by atoms with van der Waals surface area (Å²) in [5, 5.41) is 12.2. The third-order valence-corrected chi connectivity index (χ3v) is 3.68. The molecule has 0 radical (unpaired) electrons. The number of aromatic carboxylic acids is 1. The highest BCUT2D eigenvalue weighted by atomic mass is 16.4. The predicted molar refractivity (Wildman–Crippen MR) is 63.9 cm³/mol. The van der Waals surface area contributed by atoms with E-state index in [0.717, 1.165) is 0 Å². The second-order valence-electron chi connectivity index (χ2n) is 5.42. The van der Waals surface area contributed by atoms with Crippen LogP contribution in [0.15, 0.2) is 16.7 Å². The molecule has 0 aromatic carbocycles. The number of furan rings is 1. The molecule has 4 heteroatoms. The first-order chi connectivity index (χ1) is 7.99. The first-order valence-electron chi connectivity index (χ1n) is 6.03. The lowest BCUT2D eigenvalue weighted by atomic mass is 9.87. The Labute approximate surface area is 101 Å². The number of rotatable bonds is 4. The molecule has 1 heterocycles. The lowest BCUT2D eigenvalue weighted by Crippen LogP contribution is -2.37. The summed E-state index contributed by atoms with van der Waals surface area (Å²) in [7, 11) is 0. The molecule has 17 heavy (non-hydrogen) atoms. The highest BCUT2D eigenvalue weighted by Crippen LogP contribution is 2.37. The fourth-order valence-electron chi connectivity index (χ4n) is 2.51. The van der Waals surface area contributed by atoms with Crippen molar-refractivity contribution in [3.05, 3.63) is 23.7 Å². The van der Waals surface area contributed by atoms with Crippen molar-refractivity contribution in [3.8, 4) is 0 Å². The highest BCUT2D eigenvalue weighted by molar-refractivity contribution is 5.87. The van der Waals surface area contributed by atoms with Crippen LogP contribution < -0.4 is 5.32 Å². The van der Waals surface area contributed by atoms with Gasteiger partial charge in [0.1, 0.15) is 12.0 Å². The topological polar surface area (TPSA) is 62.5 Å². The fourth-order valence-corrected chi connectivity index (χ4v) is 2.51. The van der Waals surface area contributed by atoms with Gasteiger partial charge in [-0.3, -0.25) is 0 Å². The lowest BCUT2D eigenvalue weighted by molar-refractivity contribution is 0.0696. The van der Waals surface area contributed by atoms with Crippen molar-refractivity contribution >= 4 is 5.97 Å². The highest BCUT2D eigenvalue weighted by Gasteiger charge is 2.33. The molecule has 1 aliphatic rings. The molecular formula is C13H19NO3. The van der Waals surface area contributed by atoms with Crippen molar-refractivity contribution in [1.29, 1.82) is 0 Å². The SMILES string of the molecule is CC1(C)CCCC1NCc1cc(C(=O)O)co1. The van der Waals surface area contributed by atoms with Crippen LogP contribution in [0.4, 0.5) is 0 Å². The van der Waals surface area contributed by atoms with Crippen LogP contribution in [0.25, 0.3) is 0 Å². The Hall–Kier alpha value is -1.29. The van der Waals surface area contributed by atoms with E-state index in [9.17, 15) is 4.79 Å². The molecule has 1 saturated carbocycles. The van der Waals surface area contributed by atoms with Gasteiger partial charge in [-0.15, -0.1) is 0 Å². The van der Waals surface area contributed by atoms with Gasteiger partial charge in [0.15, 0.2) is 0 Å². The number of carboxylic acid groups (broad SMARTS) is 1. The molecule has 1 aromatic heterocycles. The average Bonchev–Trinajstić information content (AvgIpc) is 2.81. The maximum absolute atomic E-state index is 10.7. The second-order valence-corrected chi connectivity index (χ2v) is 5.42. The molecule has 1 aromatic rings. The molecule has 0 aliphatic heterocycles. The van der Waals surface area contributed by atoms with E-state index in [1.165, 1.54) is 25.5 Å². The number of hydrogen-bond donors (Lipinski definition) is 2. The van der Waals surface area contributed by atoms with Crippen LogP contribution in [0.3, 0.4) is 0 Å². The summed E-state index contributed by atoms with van der Waals surface area (Å²) in [6.07, 6.45) is 4.96. The first-order valence-corrected chi connectivity index (χ1v) is 6.03. The zero-order chi connectivity index (χ0) is 12.5. The first kappa shape index (κ1) is 12.2. The molecular weight excluding hydrogens is 218 g/mol. The van der Waals surface area contributed by atoms with Gasteiger partial charge < -0.3 is 14.8 Å². The standard InChI is InChI=1S/C13H19NO3/c1-13(2)5-3-4-11(13)14-7-10-6-9(8-17-10)12(15)16/h6,8,11,14H,3-5,7H2,1-2H3,(H,15,16). The molecule has 2 N–H and O–H groups in total. The van der Waals surface area contributed by atoms with Gasteiger partial charge in [0.2, 0.25) is 0 Å². The van der Waals surface area contributed by atoms with Gasteiger partial charge in [0.05, 0.1) is 12.1 Å². The third kappa shape index (κ3) is 2.69. The van der Waals surface area contributed by atoms with E-state index in [-0.39, 0.29) is 5.56 Å². The van der Waals surface area contributed by atoms with E-state index in [1.807, 2.05) is 0 Å². The Morgan fingerprint density at radius 2 is 2.41 bits per heavy atom. The largest absolute Gasteiger partial charge is 0.478 e. The van der Waals surface area contributed by atoms with Crippen LogP contribution in [0.2, 0.25) is 0 Å². The summed E-state index contributed by atoms with van der Waals surface area (Å²) >= 11 is 0. The van der Waals surface area contributed by atoms with Crippen LogP contribution in [0.1, 0.15) is 49.2 Å². The molecule has 1 fully saturated rings. The summed E-state index contributed by atoms with van der Waals surface area (Å²) in [5.41, 5.74) is 0.537. The minimum atomic E-state index is -0.943. The Bertz CT molecular complexity index is 409. The lowest BCUT2D eigenvalue weighted by Gasteiger charge is -2.27. The minimum Gasteiger partial charge on any atom is -0.478 e. The van der Waals surface area contributed by atoms with Crippen LogP contribution in [0.5, 0.6) is 0 Å². The van der Waals surface area contributed by atoms with E-state index in [1.54, 1.807) is 6.07 Å². The average molecular weight is 237 g/mol. The zero-order valence-electron chi connectivity index (χ0n) is 10.3. The normalized spacial score (nSPS) is 22.8. The van der Waals surface area contributed by atoms with Crippen molar-refractivity contribution in [2.75, 3.05) is 0 Å². The maximum atomic E-state index is 10.7. The molecule has 1 aliphatic carbocycles. The summed E-state index contributed by atoms with van der Waals surface area (Å²) in [4.78, 5) is 10.7. The summed E-state index contributed by atoms with van der Waals surface area (Å²) in [6.45, 7) is 5.13. The van der Waals surface area contributed by atoms with E-state index < -0.39 is 5.97 Å². The van der Waals surface area contributed by atoms with Crippen molar-refractivity contribution in [2.24, 2.45) is 5.41 Å². The van der Waals surface area contributed by atoms with Crippen LogP contribution >= 0.6 is 0 Å². The number of carboxylic acids is 1. The summed E-state index contributed by atoms with van der Waals surface area (Å²) < 4.78 is 5.21. The van der Waals surface area contributed by atoms with E-state index in [4.69, 9.17) is 9.52 Å². The van der Waals surface area contributed by atoms with Gasteiger partial charge in [-0.2, -0.15) is 0 Å². The maximum Gasteiger partial charge on any atom is 0.338 e. The predicted octanol–water partition coefficient (Wildman–Crippen LogP) is 2.65. The zero-order valence-corrected chi connectivity index (χ0v) is 10.3. The third-order valence-electron chi connectivity index (χ3n) is 3.68. The fraction of sp³-hybridized carbons (Fsp3) is 0.615. The molecule has 4 nitrogen and oxygen atoms in total. The molecule has 0 spiro atoms. The quantitative estimate of drug-likeness (QED) is 0.845. The van der Waals surface area contributed by atoms with E-state index >= 15 is 0 Å². The van der Waals surface area contributed by atoms with Crippen molar-refractivity contribution in [2.45, 2.75) is 45.7 Å². The molecule has 0 amide bonds. The Kier molecular flexibility index (Phi) is 3.24. The van der Waals surface area contributed by atoms with Crippen LogP contribution in [0, 0.1) is 5.41 Å². The number of hydrogen-bond acceptors (Lipinski definition) is 3. The van der Waals surface area contributed by atoms with Crippen LogP contribution in [-0.4, -0.2) is 17.1 Å². The van der Waals surface area contributed by atoms with Gasteiger partial charge in [0.25, 0.3) is 0 Å². The molecule has 1 atom stereocenters.